The van der Waals surface area contributed by atoms with E-state index < -0.39 is 9.84 Å². The van der Waals surface area contributed by atoms with Crippen LogP contribution in [0.1, 0.15) is 51.7 Å². The molecule has 146 valence electrons. The molecule has 8 heteroatoms. The molecule has 0 aliphatic carbocycles. The van der Waals surface area contributed by atoms with Crippen LogP contribution in [-0.2, 0) is 9.84 Å². The van der Waals surface area contributed by atoms with E-state index in [4.69, 9.17) is 4.42 Å². The van der Waals surface area contributed by atoms with Gasteiger partial charge in [0.1, 0.15) is 21.4 Å². The van der Waals surface area contributed by atoms with Crippen LogP contribution in [0.5, 0.6) is 0 Å². The fourth-order valence-electron chi connectivity index (χ4n) is 2.12. The van der Waals surface area contributed by atoms with Gasteiger partial charge < -0.3 is 15.1 Å². The van der Waals surface area contributed by atoms with Crippen LogP contribution in [0.3, 0.4) is 0 Å². The molecular weight excluding hydrogens is 453 g/mol. The van der Waals surface area contributed by atoms with E-state index in [1.807, 2.05) is 46.8 Å². The van der Waals surface area contributed by atoms with Gasteiger partial charge in [-0.15, -0.1) is 24.0 Å². The van der Waals surface area contributed by atoms with Crippen LogP contribution in [0.15, 0.2) is 21.5 Å². The van der Waals surface area contributed by atoms with Crippen LogP contribution < -0.4 is 10.6 Å². The Bertz CT molecular complexity index is 654. The Hall–Kier alpha value is -0.770. The van der Waals surface area contributed by atoms with Crippen LogP contribution in [-0.4, -0.2) is 39.5 Å². The molecule has 0 aromatic carbocycles. The summed E-state index contributed by atoms with van der Waals surface area (Å²) in [5, 5.41) is 6.53. The second kappa shape index (κ2) is 10.4. The van der Waals surface area contributed by atoms with Crippen molar-refractivity contribution in [3.63, 3.8) is 0 Å². The third-order valence-electron chi connectivity index (χ3n) is 3.70. The highest BCUT2D eigenvalue weighted by Crippen LogP contribution is 2.21. The number of guanidine groups is 1. The molecule has 0 spiro atoms. The first-order valence-electron chi connectivity index (χ1n) is 8.31. The SMILES string of the molecule is CCNC(=NCC(C)(C)CCS(C)(=O)=O)NC(C)c1ccc(C)o1.I. The molecule has 0 aliphatic rings. The molecule has 1 rings (SSSR count). The summed E-state index contributed by atoms with van der Waals surface area (Å²) in [6, 6.07) is 3.88. The fourth-order valence-corrected chi connectivity index (χ4v) is 3.04. The first-order valence-corrected chi connectivity index (χ1v) is 10.4. The average Bonchev–Trinajstić information content (AvgIpc) is 2.89. The predicted molar refractivity (Wildman–Crippen MR) is 114 cm³/mol. The number of halogens is 1. The van der Waals surface area contributed by atoms with Crippen molar-refractivity contribution in [1.29, 1.82) is 0 Å². The number of nitrogens with zero attached hydrogens (tertiary/aromatic N) is 1. The molecule has 0 saturated heterocycles. The second-order valence-corrected chi connectivity index (χ2v) is 9.31. The van der Waals surface area contributed by atoms with E-state index in [0.29, 0.717) is 18.9 Å². The lowest BCUT2D eigenvalue weighted by atomic mass is 9.90. The summed E-state index contributed by atoms with van der Waals surface area (Å²) in [6.45, 7) is 11.3. The summed E-state index contributed by atoms with van der Waals surface area (Å²) < 4.78 is 28.3. The molecule has 1 atom stereocenters. The number of hydrogen-bond acceptors (Lipinski definition) is 4. The fraction of sp³-hybridized carbons (Fsp3) is 0.706. The Balaban J connectivity index is 0.00000576. The lowest BCUT2D eigenvalue weighted by Crippen LogP contribution is -2.39. The van der Waals surface area contributed by atoms with Gasteiger partial charge in [0.05, 0.1) is 11.8 Å². The molecule has 0 aliphatic heterocycles. The van der Waals surface area contributed by atoms with Crippen molar-refractivity contribution < 1.29 is 12.8 Å². The smallest absolute Gasteiger partial charge is 0.191 e. The zero-order valence-electron chi connectivity index (χ0n) is 16.0. The molecule has 1 unspecified atom stereocenters. The van der Waals surface area contributed by atoms with Gasteiger partial charge in [0.25, 0.3) is 0 Å². The number of sulfone groups is 1. The molecular formula is C17H32IN3O3S. The zero-order valence-corrected chi connectivity index (χ0v) is 19.2. The van der Waals surface area contributed by atoms with E-state index in [1.165, 1.54) is 6.26 Å². The van der Waals surface area contributed by atoms with Crippen LogP contribution in [0.2, 0.25) is 0 Å². The summed E-state index contributed by atoms with van der Waals surface area (Å²) >= 11 is 0. The number of hydrogen-bond donors (Lipinski definition) is 2. The van der Waals surface area contributed by atoms with Crippen molar-refractivity contribution in [1.82, 2.24) is 10.6 Å². The van der Waals surface area contributed by atoms with E-state index in [9.17, 15) is 8.42 Å². The highest BCUT2D eigenvalue weighted by atomic mass is 127. The second-order valence-electron chi connectivity index (χ2n) is 7.05. The maximum atomic E-state index is 11.4. The molecule has 1 heterocycles. The van der Waals surface area contributed by atoms with Gasteiger partial charge in [-0.05, 0) is 44.7 Å². The van der Waals surface area contributed by atoms with Crippen molar-refractivity contribution in [3.05, 3.63) is 23.7 Å². The maximum Gasteiger partial charge on any atom is 0.191 e. The molecule has 0 amide bonds. The maximum absolute atomic E-state index is 11.4. The molecule has 2 N–H and O–H groups in total. The lowest BCUT2D eigenvalue weighted by molar-refractivity contribution is 0.364. The third-order valence-corrected chi connectivity index (χ3v) is 4.65. The minimum absolute atomic E-state index is 0. The van der Waals surface area contributed by atoms with Gasteiger partial charge in [-0.2, -0.15) is 0 Å². The first kappa shape index (κ1) is 24.2. The van der Waals surface area contributed by atoms with Gasteiger partial charge in [-0.25, -0.2) is 8.42 Å². The van der Waals surface area contributed by atoms with Crippen LogP contribution in [0, 0.1) is 12.3 Å². The van der Waals surface area contributed by atoms with Gasteiger partial charge in [0.15, 0.2) is 5.96 Å². The molecule has 1 aromatic heterocycles. The Morgan fingerprint density at radius 3 is 2.48 bits per heavy atom. The van der Waals surface area contributed by atoms with Gasteiger partial charge in [-0.3, -0.25) is 4.99 Å². The van der Waals surface area contributed by atoms with Crippen LogP contribution in [0.4, 0.5) is 0 Å². The molecule has 0 bridgehead atoms. The number of rotatable bonds is 8. The zero-order chi connectivity index (χ0) is 18.4. The molecule has 1 aromatic rings. The molecule has 6 nitrogen and oxygen atoms in total. The molecule has 0 radical (unpaired) electrons. The number of aliphatic imine (C=N–C) groups is 1. The number of aryl methyl sites for hydroxylation is 1. The number of furan rings is 1. The monoisotopic (exact) mass is 485 g/mol. The van der Waals surface area contributed by atoms with E-state index in [2.05, 4.69) is 15.6 Å². The van der Waals surface area contributed by atoms with Crippen LogP contribution in [0.25, 0.3) is 0 Å². The molecule has 0 fully saturated rings. The third kappa shape index (κ3) is 10.1. The van der Waals surface area contributed by atoms with Gasteiger partial charge >= 0.3 is 0 Å². The Labute approximate surface area is 169 Å². The highest BCUT2D eigenvalue weighted by Gasteiger charge is 2.20. The summed E-state index contributed by atoms with van der Waals surface area (Å²) in [6.07, 6.45) is 1.85. The van der Waals surface area contributed by atoms with Gasteiger partial charge in [0, 0.05) is 19.3 Å². The van der Waals surface area contributed by atoms with E-state index >= 15 is 0 Å². The largest absolute Gasteiger partial charge is 0.464 e. The minimum Gasteiger partial charge on any atom is -0.464 e. The first-order chi connectivity index (χ1) is 11.0. The van der Waals surface area contributed by atoms with E-state index in [1.54, 1.807) is 0 Å². The van der Waals surface area contributed by atoms with Crippen molar-refractivity contribution >= 4 is 39.8 Å². The number of nitrogens with one attached hydrogen (secondary N) is 2. The summed E-state index contributed by atoms with van der Waals surface area (Å²) in [4.78, 5) is 4.62. The van der Waals surface area contributed by atoms with Crippen LogP contribution >= 0.6 is 24.0 Å². The van der Waals surface area contributed by atoms with Gasteiger partial charge in [-0.1, -0.05) is 13.8 Å². The minimum atomic E-state index is -2.95. The predicted octanol–water partition coefficient (Wildman–Crippen LogP) is 3.28. The van der Waals surface area contributed by atoms with Crippen molar-refractivity contribution in [2.24, 2.45) is 10.4 Å². The molecule has 25 heavy (non-hydrogen) atoms. The summed E-state index contributed by atoms with van der Waals surface area (Å²) in [5.74, 6) is 2.62. The quantitative estimate of drug-likeness (QED) is 0.336. The van der Waals surface area contributed by atoms with E-state index in [-0.39, 0.29) is 41.2 Å². The molecule has 0 saturated carbocycles. The normalized spacial score (nSPS) is 13.9. The highest BCUT2D eigenvalue weighted by molar-refractivity contribution is 14.0. The van der Waals surface area contributed by atoms with Crippen molar-refractivity contribution in [3.8, 4) is 0 Å². The van der Waals surface area contributed by atoms with Gasteiger partial charge in [0.2, 0.25) is 0 Å². The summed E-state index contributed by atoms with van der Waals surface area (Å²) in [7, 11) is -2.95. The van der Waals surface area contributed by atoms with Crippen molar-refractivity contribution in [2.45, 2.75) is 47.1 Å². The topological polar surface area (TPSA) is 83.7 Å². The Kier molecular flexibility index (Phi) is 10.1. The summed E-state index contributed by atoms with van der Waals surface area (Å²) in [5.41, 5.74) is -0.185. The van der Waals surface area contributed by atoms with Crippen molar-refractivity contribution in [2.75, 3.05) is 25.1 Å². The Morgan fingerprint density at radius 2 is 2.00 bits per heavy atom. The average molecular weight is 485 g/mol. The lowest BCUT2D eigenvalue weighted by Gasteiger charge is -2.23. The van der Waals surface area contributed by atoms with E-state index in [0.717, 1.165) is 18.1 Å². The Morgan fingerprint density at radius 1 is 1.36 bits per heavy atom. The standard InChI is InChI=1S/C17H31N3O3S.HI/c1-7-18-16(20-14(3)15-9-8-13(2)23-15)19-12-17(4,5)10-11-24(6,21)22;/h8-9,14H,7,10-12H2,1-6H3,(H2,18,19,20);1H.